The van der Waals surface area contributed by atoms with E-state index in [-0.39, 0.29) is 13.2 Å². The summed E-state index contributed by atoms with van der Waals surface area (Å²) in [5, 5.41) is 11.9. The molecule has 0 aromatic heterocycles. The first-order chi connectivity index (χ1) is 8.10. The van der Waals surface area contributed by atoms with E-state index in [1.54, 1.807) is 0 Å². The Labute approximate surface area is 106 Å². The largest absolute Gasteiger partial charge is 0.501 e. The van der Waals surface area contributed by atoms with Crippen LogP contribution in [0, 0.1) is 5.92 Å². The van der Waals surface area contributed by atoms with Crippen LogP contribution in [0.5, 0.6) is 0 Å². The molecule has 0 rings (SSSR count). The van der Waals surface area contributed by atoms with E-state index < -0.39 is 8.80 Å². The smallest absolute Gasteiger partial charge is 0.394 e. The maximum atomic E-state index is 8.88. The van der Waals surface area contributed by atoms with Gasteiger partial charge >= 0.3 is 8.80 Å². The average molecular weight is 265 g/mol. The predicted octanol–water partition coefficient (Wildman–Crippen LogP) is 0.863. The summed E-state index contributed by atoms with van der Waals surface area (Å²) in [4.78, 5) is 0. The molecule has 1 unspecified atom stereocenters. The second-order valence-corrected chi connectivity index (χ2v) is 6.88. The molecule has 0 saturated carbocycles. The van der Waals surface area contributed by atoms with E-state index in [2.05, 4.69) is 19.2 Å². The van der Waals surface area contributed by atoms with Gasteiger partial charge in [-0.15, -0.1) is 0 Å². The molecule has 0 aromatic rings. The van der Waals surface area contributed by atoms with Gasteiger partial charge in [0.15, 0.2) is 0 Å². The summed E-state index contributed by atoms with van der Waals surface area (Å²) in [5.74, 6) is 0.446. The third-order valence-electron chi connectivity index (χ3n) is 2.11. The van der Waals surface area contributed by atoms with E-state index in [1.807, 2.05) is 14.0 Å². The topological polar surface area (TPSA) is 60.0 Å². The second kappa shape index (κ2) is 9.99. The lowest BCUT2D eigenvalue weighted by molar-refractivity contribution is 0.0483. The van der Waals surface area contributed by atoms with Crippen molar-refractivity contribution in [3.8, 4) is 0 Å². The van der Waals surface area contributed by atoms with Crippen LogP contribution in [0.15, 0.2) is 0 Å². The molecule has 2 N–H and O–H groups in total. The predicted molar refractivity (Wildman–Crippen MR) is 69.9 cm³/mol. The molecular weight excluding hydrogens is 238 g/mol. The van der Waals surface area contributed by atoms with Crippen LogP contribution in [0.3, 0.4) is 0 Å². The summed E-state index contributed by atoms with van der Waals surface area (Å²) in [6.07, 6.45) is 0. The van der Waals surface area contributed by atoms with Crippen molar-refractivity contribution in [3.63, 3.8) is 0 Å². The molecule has 0 heterocycles. The van der Waals surface area contributed by atoms with Gasteiger partial charge < -0.3 is 23.7 Å². The molecule has 0 radical (unpaired) electrons. The third-order valence-corrected chi connectivity index (χ3v) is 5.44. The van der Waals surface area contributed by atoms with Crippen molar-refractivity contribution in [1.29, 1.82) is 0 Å². The fraction of sp³-hybridized carbons (Fsp3) is 1.00. The minimum atomic E-state index is -2.62. The molecular formula is C11H27NO4Si. The van der Waals surface area contributed by atoms with E-state index in [4.69, 9.17) is 18.4 Å². The summed E-state index contributed by atoms with van der Waals surface area (Å²) < 4.78 is 17.3. The maximum Gasteiger partial charge on any atom is 0.501 e. The molecule has 104 valence electrons. The molecule has 0 amide bonds. The first-order valence-corrected chi connectivity index (χ1v) is 8.20. The fourth-order valence-corrected chi connectivity index (χ4v) is 4.39. The Kier molecular flexibility index (Phi) is 10.00. The minimum Gasteiger partial charge on any atom is -0.394 e. The number of hydrogen-bond acceptors (Lipinski definition) is 5. The Morgan fingerprint density at radius 3 is 2.29 bits per heavy atom. The Morgan fingerprint density at radius 2 is 1.82 bits per heavy atom. The molecule has 0 aliphatic carbocycles. The molecule has 0 aromatic carbocycles. The lowest BCUT2D eigenvalue weighted by atomic mass is 10.3. The minimum absolute atomic E-state index is 0.00466. The van der Waals surface area contributed by atoms with Gasteiger partial charge in [-0.1, -0.05) is 13.8 Å². The number of likely N-dealkylation sites (N-methyl/N-ethyl adjacent to an activating group) is 1. The van der Waals surface area contributed by atoms with Gasteiger partial charge in [-0.3, -0.25) is 0 Å². The van der Waals surface area contributed by atoms with Crippen LogP contribution in [0.2, 0.25) is 6.04 Å². The van der Waals surface area contributed by atoms with Crippen LogP contribution in [0.4, 0.5) is 0 Å². The highest BCUT2D eigenvalue weighted by molar-refractivity contribution is 6.60. The van der Waals surface area contributed by atoms with Gasteiger partial charge in [-0.2, -0.15) is 0 Å². The molecule has 17 heavy (non-hydrogen) atoms. The van der Waals surface area contributed by atoms with Crippen LogP contribution >= 0.6 is 0 Å². The highest BCUT2D eigenvalue weighted by Gasteiger charge is 2.41. The number of hydrogen-bond donors (Lipinski definition) is 2. The molecule has 0 aliphatic heterocycles. The zero-order valence-corrected chi connectivity index (χ0v) is 12.5. The van der Waals surface area contributed by atoms with Crippen LogP contribution in [0.25, 0.3) is 0 Å². The van der Waals surface area contributed by atoms with Crippen molar-refractivity contribution >= 4 is 8.80 Å². The van der Waals surface area contributed by atoms with Crippen LogP contribution in [-0.4, -0.2) is 53.9 Å². The molecule has 0 spiro atoms. The number of aliphatic hydroxyl groups excluding tert-OH is 1. The Balaban J connectivity index is 4.43. The van der Waals surface area contributed by atoms with Gasteiger partial charge in [-0.25, -0.2) is 0 Å². The van der Waals surface area contributed by atoms with Gasteiger partial charge in [-0.05, 0) is 19.9 Å². The summed E-state index contributed by atoms with van der Waals surface area (Å²) in [7, 11) is -0.738. The molecule has 0 saturated heterocycles. The van der Waals surface area contributed by atoms with Gasteiger partial charge in [0.2, 0.25) is 0 Å². The SMILES string of the molecule is CCO[Si](CC(C)C)(OCCO)OCCNC. The van der Waals surface area contributed by atoms with Crippen LogP contribution < -0.4 is 5.32 Å². The van der Waals surface area contributed by atoms with Crippen molar-refractivity contribution in [1.82, 2.24) is 5.32 Å². The maximum absolute atomic E-state index is 8.88. The molecule has 1 atom stereocenters. The summed E-state index contributed by atoms with van der Waals surface area (Å²) >= 11 is 0. The first-order valence-electron chi connectivity index (χ1n) is 6.27. The Bertz CT molecular complexity index is 183. The quantitative estimate of drug-likeness (QED) is 0.429. The number of nitrogens with one attached hydrogen (secondary N) is 1. The summed E-state index contributed by atoms with van der Waals surface area (Å²) in [5.41, 5.74) is 0. The van der Waals surface area contributed by atoms with Gasteiger partial charge in [0, 0.05) is 19.2 Å². The zero-order chi connectivity index (χ0) is 13.1. The lowest BCUT2D eigenvalue weighted by Crippen LogP contribution is -2.48. The number of rotatable bonds is 11. The Morgan fingerprint density at radius 1 is 1.18 bits per heavy atom. The third kappa shape index (κ3) is 7.85. The second-order valence-electron chi connectivity index (χ2n) is 4.24. The van der Waals surface area contributed by atoms with Crippen molar-refractivity contribution in [3.05, 3.63) is 0 Å². The monoisotopic (exact) mass is 265 g/mol. The van der Waals surface area contributed by atoms with E-state index in [0.717, 1.165) is 12.6 Å². The normalized spacial score (nSPS) is 15.2. The molecule has 0 fully saturated rings. The van der Waals surface area contributed by atoms with Crippen molar-refractivity contribution in [2.45, 2.75) is 26.8 Å². The highest BCUT2D eigenvalue weighted by Crippen LogP contribution is 2.21. The van der Waals surface area contributed by atoms with Gasteiger partial charge in [0.1, 0.15) is 0 Å². The number of aliphatic hydroxyl groups is 1. The highest BCUT2D eigenvalue weighted by atomic mass is 28.4. The van der Waals surface area contributed by atoms with Crippen molar-refractivity contribution in [2.24, 2.45) is 5.92 Å². The van der Waals surface area contributed by atoms with Gasteiger partial charge in [0.05, 0.1) is 19.8 Å². The zero-order valence-electron chi connectivity index (χ0n) is 11.5. The van der Waals surface area contributed by atoms with Gasteiger partial charge in [0.25, 0.3) is 0 Å². The van der Waals surface area contributed by atoms with E-state index in [0.29, 0.717) is 19.1 Å². The molecule has 6 heteroatoms. The fourth-order valence-electron chi connectivity index (χ4n) is 1.53. The Hall–Kier alpha value is 0.0169. The van der Waals surface area contributed by atoms with E-state index in [1.165, 1.54) is 0 Å². The van der Waals surface area contributed by atoms with Crippen LogP contribution in [-0.2, 0) is 13.3 Å². The standard InChI is InChI=1S/C11H27NO4Si/c1-5-14-17(10-11(2)3,16-9-7-13)15-8-6-12-4/h11-13H,5-10H2,1-4H3. The molecule has 0 aliphatic rings. The van der Waals surface area contributed by atoms with E-state index >= 15 is 0 Å². The van der Waals surface area contributed by atoms with E-state index in [9.17, 15) is 0 Å². The molecule has 0 bridgehead atoms. The van der Waals surface area contributed by atoms with Crippen LogP contribution in [0.1, 0.15) is 20.8 Å². The molecule has 5 nitrogen and oxygen atoms in total. The summed E-state index contributed by atoms with van der Waals surface area (Å²) in [6.45, 7) is 8.35. The average Bonchev–Trinajstić information content (AvgIpc) is 2.26. The summed E-state index contributed by atoms with van der Waals surface area (Å²) in [6, 6.07) is 0.782. The first kappa shape index (κ1) is 17.0. The lowest BCUT2D eigenvalue weighted by Gasteiger charge is -2.30. The van der Waals surface area contributed by atoms with Crippen molar-refractivity contribution in [2.75, 3.05) is 40.0 Å². The van der Waals surface area contributed by atoms with Crippen molar-refractivity contribution < 1.29 is 18.4 Å².